The molecular weight excluding hydrogens is 256 g/mol. The number of carboxylic acid groups (broad SMARTS) is 1. The number of carboxylic acids is 1. The van der Waals surface area contributed by atoms with Crippen molar-refractivity contribution in [3.05, 3.63) is 41.1 Å². The standard InChI is InChI=1S/C15H18N2O3/c1-10-4-5-11(2)12(8-10)13-9-14(15(18)19)17(16-13)6-7-20-3/h4-5,8-9H,6-7H2,1-3H3,(H,18,19). The summed E-state index contributed by atoms with van der Waals surface area (Å²) in [5.74, 6) is -0.981. The Labute approximate surface area is 117 Å². The first-order valence-corrected chi connectivity index (χ1v) is 6.40. The summed E-state index contributed by atoms with van der Waals surface area (Å²) in [6.07, 6.45) is 0. The summed E-state index contributed by atoms with van der Waals surface area (Å²) in [6.45, 7) is 4.84. The van der Waals surface area contributed by atoms with E-state index >= 15 is 0 Å². The van der Waals surface area contributed by atoms with Crippen LogP contribution in [0.15, 0.2) is 24.3 Å². The van der Waals surface area contributed by atoms with E-state index in [9.17, 15) is 9.90 Å². The molecule has 2 aromatic rings. The molecule has 0 saturated carbocycles. The van der Waals surface area contributed by atoms with E-state index in [-0.39, 0.29) is 5.69 Å². The molecule has 0 unspecified atom stereocenters. The molecular formula is C15H18N2O3. The number of ether oxygens (including phenoxy) is 1. The Bertz CT molecular complexity index is 632. The molecule has 5 heteroatoms. The van der Waals surface area contributed by atoms with Crippen LogP contribution in [0.1, 0.15) is 21.6 Å². The van der Waals surface area contributed by atoms with Gasteiger partial charge in [-0.25, -0.2) is 4.79 Å². The first kappa shape index (κ1) is 14.3. The van der Waals surface area contributed by atoms with Crippen LogP contribution in [0.5, 0.6) is 0 Å². The minimum atomic E-state index is -0.981. The number of hydrogen-bond acceptors (Lipinski definition) is 3. The highest BCUT2D eigenvalue weighted by molar-refractivity contribution is 5.87. The molecule has 1 heterocycles. The minimum absolute atomic E-state index is 0.179. The minimum Gasteiger partial charge on any atom is -0.477 e. The van der Waals surface area contributed by atoms with Crippen molar-refractivity contribution >= 4 is 5.97 Å². The van der Waals surface area contributed by atoms with Crippen LogP contribution < -0.4 is 0 Å². The molecule has 0 atom stereocenters. The predicted octanol–water partition coefficient (Wildman–Crippen LogP) is 2.51. The van der Waals surface area contributed by atoms with E-state index in [2.05, 4.69) is 5.10 Å². The Kier molecular flexibility index (Phi) is 4.20. The van der Waals surface area contributed by atoms with Crippen LogP contribution in [0, 0.1) is 13.8 Å². The second-order valence-electron chi connectivity index (χ2n) is 4.75. The largest absolute Gasteiger partial charge is 0.477 e. The third kappa shape index (κ3) is 2.88. The van der Waals surface area contributed by atoms with Crippen LogP contribution in [0.3, 0.4) is 0 Å². The lowest BCUT2D eigenvalue weighted by Crippen LogP contribution is -2.13. The number of aromatic carboxylic acids is 1. The molecule has 1 aromatic heterocycles. The Balaban J connectivity index is 2.47. The van der Waals surface area contributed by atoms with Gasteiger partial charge in [0, 0.05) is 12.7 Å². The Morgan fingerprint density at radius 1 is 1.35 bits per heavy atom. The third-order valence-electron chi connectivity index (χ3n) is 3.18. The summed E-state index contributed by atoms with van der Waals surface area (Å²) < 4.78 is 6.46. The number of rotatable bonds is 5. The van der Waals surface area contributed by atoms with E-state index in [1.165, 1.54) is 4.68 Å². The van der Waals surface area contributed by atoms with Crippen molar-refractivity contribution in [2.24, 2.45) is 0 Å². The van der Waals surface area contributed by atoms with Crippen LogP contribution in [-0.2, 0) is 11.3 Å². The molecule has 1 N–H and O–H groups in total. The van der Waals surface area contributed by atoms with E-state index < -0.39 is 5.97 Å². The van der Waals surface area contributed by atoms with E-state index in [1.807, 2.05) is 32.0 Å². The van der Waals surface area contributed by atoms with Crippen molar-refractivity contribution in [3.8, 4) is 11.3 Å². The monoisotopic (exact) mass is 274 g/mol. The van der Waals surface area contributed by atoms with Gasteiger partial charge in [-0.1, -0.05) is 17.7 Å². The normalized spacial score (nSPS) is 10.8. The van der Waals surface area contributed by atoms with Crippen molar-refractivity contribution in [1.29, 1.82) is 0 Å². The van der Waals surface area contributed by atoms with Crippen LogP contribution >= 0.6 is 0 Å². The summed E-state index contributed by atoms with van der Waals surface area (Å²) in [6, 6.07) is 7.67. The Morgan fingerprint density at radius 3 is 2.75 bits per heavy atom. The van der Waals surface area contributed by atoms with Crippen molar-refractivity contribution < 1.29 is 14.6 Å². The first-order chi connectivity index (χ1) is 9.52. The smallest absolute Gasteiger partial charge is 0.354 e. The average molecular weight is 274 g/mol. The van der Waals surface area contributed by atoms with Crippen molar-refractivity contribution in [1.82, 2.24) is 9.78 Å². The lowest BCUT2D eigenvalue weighted by atomic mass is 10.0. The maximum Gasteiger partial charge on any atom is 0.354 e. The van der Waals surface area contributed by atoms with Gasteiger partial charge in [0.15, 0.2) is 0 Å². The molecule has 5 nitrogen and oxygen atoms in total. The summed E-state index contributed by atoms with van der Waals surface area (Å²) in [4.78, 5) is 11.3. The van der Waals surface area contributed by atoms with E-state index in [0.717, 1.165) is 16.7 Å². The molecule has 0 bridgehead atoms. The molecule has 1 aromatic carbocycles. The van der Waals surface area contributed by atoms with Gasteiger partial charge < -0.3 is 9.84 Å². The number of methoxy groups -OCH3 is 1. The van der Waals surface area contributed by atoms with E-state index in [0.29, 0.717) is 18.8 Å². The fourth-order valence-corrected chi connectivity index (χ4v) is 2.08. The molecule has 106 valence electrons. The number of aromatic nitrogens is 2. The Morgan fingerprint density at radius 2 is 2.10 bits per heavy atom. The molecule has 0 spiro atoms. The maximum atomic E-state index is 11.3. The number of carbonyl (C=O) groups is 1. The molecule has 20 heavy (non-hydrogen) atoms. The first-order valence-electron chi connectivity index (χ1n) is 6.40. The van der Waals surface area contributed by atoms with Crippen LogP contribution in [0.25, 0.3) is 11.3 Å². The quantitative estimate of drug-likeness (QED) is 0.910. The van der Waals surface area contributed by atoms with E-state index in [1.54, 1.807) is 13.2 Å². The molecule has 0 aliphatic heterocycles. The topological polar surface area (TPSA) is 64.4 Å². The summed E-state index contributed by atoms with van der Waals surface area (Å²) >= 11 is 0. The van der Waals surface area contributed by atoms with Gasteiger partial charge in [-0.05, 0) is 31.5 Å². The molecule has 0 aliphatic rings. The molecule has 0 radical (unpaired) electrons. The van der Waals surface area contributed by atoms with Gasteiger partial charge in [0.05, 0.1) is 18.8 Å². The Hall–Kier alpha value is -2.14. The number of nitrogens with zero attached hydrogens (tertiary/aromatic N) is 2. The SMILES string of the molecule is COCCn1nc(-c2cc(C)ccc2C)cc1C(=O)O. The number of aryl methyl sites for hydroxylation is 2. The van der Waals surface area contributed by atoms with Gasteiger partial charge in [-0.2, -0.15) is 5.10 Å². The van der Waals surface area contributed by atoms with Crippen molar-refractivity contribution in [3.63, 3.8) is 0 Å². The summed E-state index contributed by atoms with van der Waals surface area (Å²) in [5.41, 5.74) is 4.01. The lowest BCUT2D eigenvalue weighted by molar-refractivity contribution is 0.0680. The van der Waals surface area contributed by atoms with Gasteiger partial charge in [-0.15, -0.1) is 0 Å². The summed E-state index contributed by atoms with van der Waals surface area (Å²) in [7, 11) is 1.58. The maximum absolute atomic E-state index is 11.3. The van der Waals surface area contributed by atoms with Gasteiger partial charge in [-0.3, -0.25) is 4.68 Å². The van der Waals surface area contributed by atoms with Crippen LogP contribution in [0.2, 0.25) is 0 Å². The molecule has 0 saturated heterocycles. The highest BCUT2D eigenvalue weighted by atomic mass is 16.5. The van der Waals surface area contributed by atoms with Crippen LogP contribution in [-0.4, -0.2) is 34.6 Å². The second-order valence-corrected chi connectivity index (χ2v) is 4.75. The van der Waals surface area contributed by atoms with E-state index in [4.69, 9.17) is 4.74 Å². The third-order valence-corrected chi connectivity index (χ3v) is 3.18. The van der Waals surface area contributed by atoms with Crippen molar-refractivity contribution in [2.75, 3.05) is 13.7 Å². The fourth-order valence-electron chi connectivity index (χ4n) is 2.08. The van der Waals surface area contributed by atoms with Crippen molar-refractivity contribution in [2.45, 2.75) is 20.4 Å². The lowest BCUT2D eigenvalue weighted by Gasteiger charge is -2.04. The second kappa shape index (κ2) is 5.88. The zero-order valence-electron chi connectivity index (χ0n) is 11.9. The predicted molar refractivity (Wildman–Crippen MR) is 76.0 cm³/mol. The molecule has 2 rings (SSSR count). The molecule has 0 aliphatic carbocycles. The average Bonchev–Trinajstić information content (AvgIpc) is 2.83. The molecule has 0 fully saturated rings. The zero-order chi connectivity index (χ0) is 14.7. The number of hydrogen-bond donors (Lipinski definition) is 1. The number of benzene rings is 1. The van der Waals surface area contributed by atoms with Gasteiger partial charge in [0.25, 0.3) is 0 Å². The molecule has 0 amide bonds. The van der Waals surface area contributed by atoms with Gasteiger partial charge in [0.1, 0.15) is 5.69 Å². The zero-order valence-corrected chi connectivity index (χ0v) is 11.9. The fraction of sp³-hybridized carbons (Fsp3) is 0.333. The highest BCUT2D eigenvalue weighted by Gasteiger charge is 2.16. The van der Waals surface area contributed by atoms with Gasteiger partial charge in [0.2, 0.25) is 0 Å². The van der Waals surface area contributed by atoms with Gasteiger partial charge >= 0.3 is 5.97 Å². The van der Waals surface area contributed by atoms with Crippen LogP contribution in [0.4, 0.5) is 0 Å². The summed E-state index contributed by atoms with van der Waals surface area (Å²) in [5, 5.41) is 13.6. The highest BCUT2D eigenvalue weighted by Crippen LogP contribution is 2.24.